The monoisotopic (exact) mass is 606 g/mol. The van der Waals surface area contributed by atoms with Gasteiger partial charge >= 0.3 is 0 Å². The average molecular weight is 607 g/mol. The number of benzene rings is 2. The van der Waals surface area contributed by atoms with E-state index in [1.54, 1.807) is 31.5 Å². The van der Waals surface area contributed by atoms with Crippen LogP contribution < -0.4 is 18.9 Å². The molecule has 11 heteroatoms. The van der Waals surface area contributed by atoms with Crippen LogP contribution in [0.5, 0.6) is 23.0 Å². The lowest BCUT2D eigenvalue weighted by Gasteiger charge is -2.20. The number of unbranched alkanes of at least 4 members (excludes halogenated alkanes) is 4. The predicted octanol–water partition coefficient (Wildman–Crippen LogP) is 5.70. The Labute approximate surface area is 256 Å². The predicted molar refractivity (Wildman–Crippen MR) is 165 cm³/mol. The van der Waals surface area contributed by atoms with Gasteiger partial charge < -0.3 is 28.7 Å². The van der Waals surface area contributed by atoms with E-state index >= 15 is 0 Å². The van der Waals surface area contributed by atoms with Gasteiger partial charge in [0.05, 0.1) is 68.6 Å². The second kappa shape index (κ2) is 13.2. The van der Waals surface area contributed by atoms with Gasteiger partial charge in [0.25, 0.3) is 11.8 Å². The molecule has 0 aromatic heterocycles. The third-order valence-electron chi connectivity index (χ3n) is 8.71. The summed E-state index contributed by atoms with van der Waals surface area (Å²) in [5.74, 6) is 1.90. The molecule has 4 heterocycles. The van der Waals surface area contributed by atoms with E-state index in [-0.39, 0.29) is 36.9 Å². The zero-order valence-electron chi connectivity index (χ0n) is 25.3. The molecule has 234 valence electrons. The van der Waals surface area contributed by atoms with E-state index in [9.17, 15) is 14.0 Å². The normalized spacial score (nSPS) is 21.8. The van der Waals surface area contributed by atoms with Gasteiger partial charge in [-0.3, -0.25) is 19.6 Å². The molecule has 2 amide bonds. The van der Waals surface area contributed by atoms with Crippen LogP contribution in [-0.2, 0) is 0 Å². The summed E-state index contributed by atoms with van der Waals surface area (Å²) in [5, 5.41) is 0. The van der Waals surface area contributed by atoms with Crippen molar-refractivity contribution in [3.05, 3.63) is 35.4 Å². The molecule has 2 fully saturated rings. The van der Waals surface area contributed by atoms with Gasteiger partial charge in [0.15, 0.2) is 23.0 Å². The Morgan fingerprint density at radius 1 is 0.750 bits per heavy atom. The van der Waals surface area contributed by atoms with Crippen LogP contribution in [0.3, 0.4) is 0 Å². The molecule has 0 spiro atoms. The molecule has 0 N–H and O–H groups in total. The smallest absolute Gasteiger partial charge is 0.256 e. The number of fused-ring (bicyclic) bond motifs is 4. The Morgan fingerprint density at radius 3 is 1.89 bits per heavy atom. The number of amides is 2. The maximum atomic E-state index is 13.9. The molecule has 2 aromatic rings. The molecule has 0 saturated carbocycles. The summed E-state index contributed by atoms with van der Waals surface area (Å²) in [4.78, 5) is 38.6. The third-order valence-corrected chi connectivity index (χ3v) is 8.71. The largest absolute Gasteiger partial charge is 0.493 e. The van der Waals surface area contributed by atoms with E-state index in [1.807, 2.05) is 17.2 Å². The first kappa shape index (κ1) is 29.9. The fourth-order valence-electron chi connectivity index (χ4n) is 6.33. The first-order chi connectivity index (χ1) is 21.5. The first-order valence-electron chi connectivity index (χ1n) is 15.5. The number of methoxy groups -OCH3 is 2. The number of rotatable bonds is 12. The van der Waals surface area contributed by atoms with Crippen molar-refractivity contribution in [1.29, 1.82) is 0 Å². The molecule has 2 aromatic carbocycles. The van der Waals surface area contributed by atoms with Gasteiger partial charge in [0.2, 0.25) is 0 Å². The summed E-state index contributed by atoms with van der Waals surface area (Å²) in [6.45, 7) is 1.88. The minimum atomic E-state index is -1.03. The van der Waals surface area contributed by atoms with Crippen LogP contribution in [0.25, 0.3) is 0 Å². The highest BCUT2D eigenvalue weighted by Gasteiger charge is 2.38. The van der Waals surface area contributed by atoms with Gasteiger partial charge in [-0.25, -0.2) is 4.39 Å². The van der Waals surface area contributed by atoms with E-state index < -0.39 is 6.17 Å². The summed E-state index contributed by atoms with van der Waals surface area (Å²) >= 11 is 0. The van der Waals surface area contributed by atoms with Crippen molar-refractivity contribution in [1.82, 2.24) is 9.80 Å². The molecular weight excluding hydrogens is 567 g/mol. The lowest BCUT2D eigenvalue weighted by molar-refractivity contribution is 0.0761. The summed E-state index contributed by atoms with van der Waals surface area (Å²) in [6, 6.07) is 6.67. The van der Waals surface area contributed by atoms with Crippen LogP contribution in [0.1, 0.15) is 72.1 Å². The number of hydrogen-bond acceptors (Lipinski definition) is 8. The standard InChI is InChI=1S/C33H39FN4O6/c1-41-28-14-24-26(35-18-22-9-8-10-37(22)32(24)39)16-30(28)43-11-6-4-3-5-7-12-44-31-17-27-25(15-29(31)42-2)33(40)38-20-21(34)13-23(38)19-36-27/h14-19,21-23H,3-13,20H2,1-2H3/t21?,22-,23?/m0/s1. The Kier molecular flexibility index (Phi) is 8.99. The highest BCUT2D eigenvalue weighted by Crippen LogP contribution is 2.39. The number of alkyl halides is 1. The molecular formula is C33H39FN4O6. The molecule has 2 saturated heterocycles. The molecule has 0 bridgehead atoms. The maximum Gasteiger partial charge on any atom is 0.256 e. The van der Waals surface area contributed by atoms with Crippen molar-refractivity contribution in [2.24, 2.45) is 9.98 Å². The number of nitrogens with zero attached hydrogens (tertiary/aromatic N) is 4. The average Bonchev–Trinajstić information content (AvgIpc) is 3.61. The summed E-state index contributed by atoms with van der Waals surface area (Å²) < 4.78 is 37.0. The molecule has 4 aliphatic rings. The number of hydrogen-bond donors (Lipinski definition) is 0. The van der Waals surface area contributed by atoms with Crippen LogP contribution >= 0.6 is 0 Å². The van der Waals surface area contributed by atoms with E-state index in [0.717, 1.165) is 51.5 Å². The molecule has 2 unspecified atom stereocenters. The number of carbonyl (C=O) groups is 2. The van der Waals surface area contributed by atoms with Crippen molar-refractivity contribution in [2.75, 3.05) is 40.5 Å². The van der Waals surface area contributed by atoms with Crippen molar-refractivity contribution in [3.63, 3.8) is 0 Å². The van der Waals surface area contributed by atoms with E-state index in [2.05, 4.69) is 9.98 Å². The molecule has 10 nitrogen and oxygen atoms in total. The maximum absolute atomic E-state index is 13.9. The van der Waals surface area contributed by atoms with Crippen LogP contribution in [0.4, 0.5) is 15.8 Å². The first-order valence-corrected chi connectivity index (χ1v) is 15.5. The summed E-state index contributed by atoms with van der Waals surface area (Å²) in [6.07, 6.45) is 9.46. The zero-order valence-corrected chi connectivity index (χ0v) is 25.3. The second-order valence-electron chi connectivity index (χ2n) is 11.6. The number of carbonyl (C=O) groups excluding carboxylic acids is 2. The third kappa shape index (κ3) is 6.09. The van der Waals surface area contributed by atoms with E-state index in [0.29, 0.717) is 58.7 Å². The van der Waals surface area contributed by atoms with Crippen LogP contribution in [-0.4, -0.2) is 92.8 Å². The number of ether oxygens (including phenoxy) is 4. The van der Waals surface area contributed by atoms with Gasteiger partial charge in [0.1, 0.15) is 6.17 Å². The lowest BCUT2D eigenvalue weighted by Crippen LogP contribution is -2.35. The van der Waals surface area contributed by atoms with E-state index in [1.165, 1.54) is 12.0 Å². The minimum absolute atomic E-state index is 0.00400. The van der Waals surface area contributed by atoms with Crippen LogP contribution in [0.15, 0.2) is 34.3 Å². The quantitative estimate of drug-likeness (QED) is 0.287. The number of halogens is 1. The van der Waals surface area contributed by atoms with Gasteiger partial charge in [-0.2, -0.15) is 0 Å². The summed E-state index contributed by atoms with van der Waals surface area (Å²) in [7, 11) is 3.12. The molecule has 3 atom stereocenters. The fourth-order valence-corrected chi connectivity index (χ4v) is 6.33. The van der Waals surface area contributed by atoms with Crippen molar-refractivity contribution in [2.45, 2.75) is 69.6 Å². The van der Waals surface area contributed by atoms with Crippen molar-refractivity contribution >= 4 is 35.6 Å². The van der Waals surface area contributed by atoms with Crippen molar-refractivity contribution < 1.29 is 32.9 Å². The Bertz CT molecular complexity index is 1460. The fraction of sp³-hybridized carbons (Fsp3) is 0.515. The van der Waals surface area contributed by atoms with Gasteiger partial charge in [-0.05, 0) is 37.8 Å². The lowest BCUT2D eigenvalue weighted by atomic mass is 10.1. The number of aliphatic imine (C=N–C) groups is 2. The summed E-state index contributed by atoms with van der Waals surface area (Å²) in [5.41, 5.74) is 2.09. The highest BCUT2D eigenvalue weighted by molar-refractivity contribution is 6.04. The van der Waals surface area contributed by atoms with E-state index in [4.69, 9.17) is 18.9 Å². The molecule has 4 aliphatic heterocycles. The molecule has 0 radical (unpaired) electrons. The highest BCUT2D eigenvalue weighted by atomic mass is 19.1. The Balaban J connectivity index is 0.946. The molecule has 0 aliphatic carbocycles. The topological polar surface area (TPSA) is 102 Å². The molecule has 6 rings (SSSR count). The van der Waals surface area contributed by atoms with Gasteiger partial charge in [-0.1, -0.05) is 19.3 Å². The Morgan fingerprint density at radius 2 is 1.30 bits per heavy atom. The Hall–Kier alpha value is -4.15. The SMILES string of the molecule is COc1cc2c(cc1OCCCCCCCOc1cc3c(cc1OC)C(=O)N1CCC[C@H]1C=N3)N=CC1CC(F)CN1C2=O. The van der Waals surface area contributed by atoms with Gasteiger partial charge in [0, 0.05) is 37.5 Å². The van der Waals surface area contributed by atoms with Crippen LogP contribution in [0.2, 0.25) is 0 Å². The van der Waals surface area contributed by atoms with Crippen LogP contribution in [0, 0.1) is 0 Å². The zero-order chi connectivity index (χ0) is 30.6. The van der Waals surface area contributed by atoms with Crippen molar-refractivity contribution in [3.8, 4) is 23.0 Å². The minimum Gasteiger partial charge on any atom is -0.493 e. The molecule has 44 heavy (non-hydrogen) atoms. The second-order valence-corrected chi connectivity index (χ2v) is 11.6. The van der Waals surface area contributed by atoms with Gasteiger partial charge in [-0.15, -0.1) is 0 Å².